The molecule has 0 aliphatic heterocycles. The Labute approximate surface area is 112 Å². The third-order valence-electron chi connectivity index (χ3n) is 3.67. The highest BCUT2D eigenvalue weighted by Crippen LogP contribution is 2.23. The van der Waals surface area contributed by atoms with Crippen molar-refractivity contribution < 1.29 is 8.42 Å². The molecule has 1 fully saturated rings. The van der Waals surface area contributed by atoms with Crippen LogP contribution in [0.3, 0.4) is 0 Å². The molecule has 0 heterocycles. The molecule has 0 amide bonds. The van der Waals surface area contributed by atoms with Crippen molar-refractivity contribution in [3.63, 3.8) is 0 Å². The van der Waals surface area contributed by atoms with E-state index in [4.69, 9.17) is 0 Å². The van der Waals surface area contributed by atoms with Crippen molar-refractivity contribution in [1.29, 1.82) is 0 Å². The molecule has 1 rings (SSSR count). The third-order valence-corrected chi connectivity index (χ3v) is 5.26. The van der Waals surface area contributed by atoms with E-state index >= 15 is 0 Å². The molecule has 0 aromatic heterocycles. The Kier molecular flexibility index (Phi) is 6.04. The minimum absolute atomic E-state index is 0.138. The predicted octanol–water partition coefficient (Wildman–Crippen LogP) is 0.939. The van der Waals surface area contributed by atoms with Crippen molar-refractivity contribution in [2.24, 2.45) is 5.92 Å². The van der Waals surface area contributed by atoms with Crippen molar-refractivity contribution >= 4 is 10.2 Å². The number of nitrogens with one attached hydrogen (secondary N) is 2. The summed E-state index contributed by atoms with van der Waals surface area (Å²) in [6, 6.07) is 0.681. The molecule has 0 aromatic carbocycles. The molecule has 2 N–H and O–H groups in total. The average molecular weight is 277 g/mol. The fraction of sp³-hybridized carbons (Fsp3) is 1.00. The Morgan fingerprint density at radius 2 is 1.78 bits per heavy atom. The maximum atomic E-state index is 12.1. The zero-order valence-electron chi connectivity index (χ0n) is 11.9. The van der Waals surface area contributed by atoms with Crippen LogP contribution in [0.15, 0.2) is 0 Å². The van der Waals surface area contributed by atoms with Crippen LogP contribution in [0.4, 0.5) is 0 Å². The molecule has 1 aliphatic rings. The Morgan fingerprint density at radius 3 is 2.22 bits per heavy atom. The molecule has 1 saturated carbocycles. The Hall–Kier alpha value is -0.170. The van der Waals surface area contributed by atoms with Gasteiger partial charge in [0.15, 0.2) is 0 Å². The Bertz CT molecular complexity index is 335. The van der Waals surface area contributed by atoms with Crippen LogP contribution in [0.5, 0.6) is 0 Å². The van der Waals surface area contributed by atoms with Crippen LogP contribution < -0.4 is 10.0 Å². The number of rotatable bonds is 6. The van der Waals surface area contributed by atoms with Crippen molar-refractivity contribution in [1.82, 2.24) is 14.3 Å². The first-order chi connectivity index (χ1) is 8.36. The SMILES string of the molecule is CNC1CCC(N(C)S(=O)(=O)NCC(C)C)CC1. The monoisotopic (exact) mass is 277 g/mol. The smallest absolute Gasteiger partial charge is 0.279 e. The minimum Gasteiger partial charge on any atom is -0.317 e. The van der Waals surface area contributed by atoms with E-state index in [1.807, 2.05) is 20.9 Å². The second-order valence-corrected chi connectivity index (χ2v) is 7.37. The van der Waals surface area contributed by atoms with Crippen LogP contribution in [0.1, 0.15) is 39.5 Å². The van der Waals surface area contributed by atoms with Gasteiger partial charge >= 0.3 is 0 Å². The maximum absolute atomic E-state index is 12.1. The molecule has 0 spiro atoms. The lowest BCUT2D eigenvalue weighted by Gasteiger charge is -2.33. The van der Waals surface area contributed by atoms with E-state index in [1.165, 1.54) is 4.31 Å². The minimum atomic E-state index is -3.32. The van der Waals surface area contributed by atoms with Crippen molar-refractivity contribution in [3.05, 3.63) is 0 Å². The van der Waals surface area contributed by atoms with Crippen LogP contribution in [-0.2, 0) is 10.2 Å². The fourth-order valence-electron chi connectivity index (χ4n) is 2.30. The summed E-state index contributed by atoms with van der Waals surface area (Å²) in [4.78, 5) is 0. The van der Waals surface area contributed by atoms with Crippen molar-refractivity contribution in [2.75, 3.05) is 20.6 Å². The molecule has 0 aromatic rings. The lowest BCUT2D eigenvalue weighted by Crippen LogP contribution is -2.47. The van der Waals surface area contributed by atoms with Gasteiger partial charge in [-0.3, -0.25) is 0 Å². The molecule has 0 unspecified atom stereocenters. The fourth-order valence-corrected chi connectivity index (χ4v) is 3.65. The van der Waals surface area contributed by atoms with Gasteiger partial charge in [-0.25, -0.2) is 4.72 Å². The number of hydrogen-bond donors (Lipinski definition) is 2. The van der Waals surface area contributed by atoms with Gasteiger partial charge in [-0.2, -0.15) is 12.7 Å². The number of hydrogen-bond acceptors (Lipinski definition) is 3. The summed E-state index contributed by atoms with van der Waals surface area (Å²) in [6.07, 6.45) is 3.96. The van der Waals surface area contributed by atoms with E-state index < -0.39 is 10.2 Å². The summed E-state index contributed by atoms with van der Waals surface area (Å²) < 4.78 is 28.3. The van der Waals surface area contributed by atoms with Gasteiger partial charge in [-0.1, -0.05) is 13.8 Å². The molecule has 0 atom stereocenters. The summed E-state index contributed by atoms with van der Waals surface area (Å²) in [5.74, 6) is 0.327. The highest BCUT2D eigenvalue weighted by Gasteiger charge is 2.29. The maximum Gasteiger partial charge on any atom is 0.279 e. The molecule has 18 heavy (non-hydrogen) atoms. The second kappa shape index (κ2) is 6.84. The summed E-state index contributed by atoms with van der Waals surface area (Å²) in [7, 11) is 0.339. The van der Waals surface area contributed by atoms with E-state index in [1.54, 1.807) is 7.05 Å². The zero-order valence-corrected chi connectivity index (χ0v) is 12.8. The highest BCUT2D eigenvalue weighted by atomic mass is 32.2. The van der Waals surface area contributed by atoms with E-state index in [0.29, 0.717) is 18.5 Å². The molecule has 108 valence electrons. The van der Waals surface area contributed by atoms with Crippen LogP contribution in [0, 0.1) is 5.92 Å². The van der Waals surface area contributed by atoms with E-state index in [0.717, 1.165) is 25.7 Å². The van der Waals surface area contributed by atoms with E-state index in [2.05, 4.69) is 10.0 Å². The van der Waals surface area contributed by atoms with Gasteiger partial charge in [0.2, 0.25) is 0 Å². The van der Waals surface area contributed by atoms with Gasteiger partial charge in [0.05, 0.1) is 0 Å². The molecule has 0 radical (unpaired) electrons. The molecule has 5 nitrogen and oxygen atoms in total. The first-order valence-corrected chi connectivity index (χ1v) is 8.20. The summed E-state index contributed by atoms with van der Waals surface area (Å²) in [5.41, 5.74) is 0. The normalized spacial score (nSPS) is 25.9. The average Bonchev–Trinajstić information content (AvgIpc) is 2.36. The Balaban J connectivity index is 2.51. The standard InChI is InChI=1S/C12H27N3O2S/c1-10(2)9-14-18(16,17)15(4)12-7-5-11(13-3)6-8-12/h10-14H,5-9H2,1-4H3. The topological polar surface area (TPSA) is 61.4 Å². The summed E-state index contributed by atoms with van der Waals surface area (Å²) >= 11 is 0. The van der Waals surface area contributed by atoms with Gasteiger partial charge in [-0.05, 0) is 38.6 Å². The van der Waals surface area contributed by atoms with Gasteiger partial charge < -0.3 is 5.32 Å². The van der Waals surface area contributed by atoms with E-state index in [-0.39, 0.29) is 6.04 Å². The first kappa shape index (κ1) is 15.9. The molecule has 1 aliphatic carbocycles. The zero-order chi connectivity index (χ0) is 13.8. The lowest BCUT2D eigenvalue weighted by atomic mass is 9.91. The highest BCUT2D eigenvalue weighted by molar-refractivity contribution is 7.87. The van der Waals surface area contributed by atoms with Crippen LogP contribution in [0.25, 0.3) is 0 Å². The molecular formula is C12H27N3O2S. The number of nitrogens with zero attached hydrogens (tertiary/aromatic N) is 1. The second-order valence-electron chi connectivity index (χ2n) is 5.56. The van der Waals surface area contributed by atoms with Gasteiger partial charge in [-0.15, -0.1) is 0 Å². The summed E-state index contributed by atoms with van der Waals surface area (Å²) in [6.45, 7) is 4.50. The predicted molar refractivity (Wildman–Crippen MR) is 74.6 cm³/mol. The van der Waals surface area contributed by atoms with Gasteiger partial charge in [0.1, 0.15) is 0 Å². The lowest BCUT2D eigenvalue weighted by molar-refractivity contribution is 0.252. The summed E-state index contributed by atoms with van der Waals surface area (Å²) in [5, 5.41) is 3.26. The quantitative estimate of drug-likeness (QED) is 0.759. The van der Waals surface area contributed by atoms with Gasteiger partial charge in [0.25, 0.3) is 10.2 Å². The van der Waals surface area contributed by atoms with Gasteiger partial charge in [0, 0.05) is 25.7 Å². The molecule has 0 saturated heterocycles. The van der Waals surface area contributed by atoms with Crippen LogP contribution in [0.2, 0.25) is 0 Å². The van der Waals surface area contributed by atoms with Crippen molar-refractivity contribution in [2.45, 2.75) is 51.6 Å². The largest absolute Gasteiger partial charge is 0.317 e. The molecule has 6 heteroatoms. The van der Waals surface area contributed by atoms with Crippen LogP contribution >= 0.6 is 0 Å². The van der Waals surface area contributed by atoms with Crippen molar-refractivity contribution in [3.8, 4) is 0 Å². The van der Waals surface area contributed by atoms with Crippen LogP contribution in [-0.4, -0.2) is 45.4 Å². The Morgan fingerprint density at radius 1 is 1.22 bits per heavy atom. The molecular weight excluding hydrogens is 250 g/mol. The first-order valence-electron chi connectivity index (χ1n) is 6.76. The van der Waals surface area contributed by atoms with E-state index in [9.17, 15) is 8.42 Å². The molecule has 0 bridgehead atoms. The third kappa shape index (κ3) is 4.50.